The molecule has 1 heterocycles. The molecular weight excluding hydrogens is 268 g/mol. The molecule has 0 amide bonds. The molecule has 0 aliphatic heterocycles. The van der Waals surface area contributed by atoms with E-state index in [1.54, 1.807) is 12.1 Å². The zero-order valence-corrected chi connectivity index (χ0v) is 10.8. The Bertz CT molecular complexity index is 571. The summed E-state index contributed by atoms with van der Waals surface area (Å²) in [5, 5.41) is 14.2. The highest BCUT2D eigenvalue weighted by atomic mass is 35.5. The third-order valence-corrected chi connectivity index (χ3v) is 2.82. The van der Waals surface area contributed by atoms with Crippen LogP contribution in [0.4, 0.5) is 11.6 Å². The summed E-state index contributed by atoms with van der Waals surface area (Å²) in [7, 11) is 0. The monoisotopic (exact) mass is 278 g/mol. The zero-order chi connectivity index (χ0) is 13.8. The third kappa shape index (κ3) is 3.38. The van der Waals surface area contributed by atoms with Gasteiger partial charge < -0.3 is 5.32 Å². The number of halogens is 1. The Hall–Kier alpha value is -2.21. The number of hydrogen-bond donors (Lipinski definition) is 1. The first-order chi connectivity index (χ1) is 9.06. The first kappa shape index (κ1) is 13.2. The van der Waals surface area contributed by atoms with Gasteiger partial charge in [0.15, 0.2) is 0 Å². The van der Waals surface area contributed by atoms with Crippen molar-refractivity contribution in [3.63, 3.8) is 0 Å². The fourth-order valence-electron chi connectivity index (χ4n) is 1.52. The second kappa shape index (κ2) is 5.62. The molecule has 1 N–H and O–H groups in total. The molecule has 19 heavy (non-hydrogen) atoms. The van der Waals surface area contributed by atoms with Gasteiger partial charge in [-0.25, -0.2) is 9.97 Å². The smallest absolute Gasteiger partial charge is 0.305 e. The average Bonchev–Trinajstić information content (AvgIpc) is 2.40. The minimum Gasteiger partial charge on any atom is -0.348 e. The predicted molar refractivity (Wildman–Crippen MR) is 72.2 cm³/mol. The highest BCUT2D eigenvalue weighted by Crippen LogP contribution is 2.19. The Morgan fingerprint density at radius 1 is 1.26 bits per heavy atom. The molecule has 1 aromatic heterocycles. The molecule has 2 aromatic rings. The summed E-state index contributed by atoms with van der Waals surface area (Å²) in [6.45, 7) is 1.94. The molecular formula is C12H11ClN4O2. The predicted octanol–water partition coefficient (Wildman–Crippen LogP) is 3.21. The zero-order valence-electron chi connectivity index (χ0n) is 10.1. The maximum atomic E-state index is 10.5. The minimum absolute atomic E-state index is 0.0290. The third-order valence-electron chi connectivity index (χ3n) is 2.56. The fourth-order valence-corrected chi connectivity index (χ4v) is 1.64. The lowest BCUT2D eigenvalue weighted by Crippen LogP contribution is -2.09. The highest BCUT2D eigenvalue weighted by molar-refractivity contribution is 6.30. The largest absolute Gasteiger partial charge is 0.348 e. The maximum absolute atomic E-state index is 10.5. The van der Waals surface area contributed by atoms with Gasteiger partial charge in [-0.05, 0) is 24.6 Å². The number of rotatable bonds is 4. The van der Waals surface area contributed by atoms with Crippen LogP contribution in [0.2, 0.25) is 5.02 Å². The molecule has 7 heteroatoms. The van der Waals surface area contributed by atoms with E-state index in [0.717, 1.165) is 5.56 Å². The van der Waals surface area contributed by atoms with Gasteiger partial charge >= 0.3 is 5.69 Å². The number of hydrogen-bond acceptors (Lipinski definition) is 5. The summed E-state index contributed by atoms with van der Waals surface area (Å²) < 4.78 is 0. The number of benzene rings is 1. The van der Waals surface area contributed by atoms with Crippen LogP contribution in [0, 0.1) is 10.1 Å². The molecule has 2 rings (SSSR count). The van der Waals surface area contributed by atoms with Crippen molar-refractivity contribution in [3.05, 3.63) is 57.4 Å². The van der Waals surface area contributed by atoms with Crippen molar-refractivity contribution in [1.82, 2.24) is 9.97 Å². The molecule has 6 nitrogen and oxygen atoms in total. The molecule has 0 saturated carbocycles. The second-order valence-electron chi connectivity index (χ2n) is 3.94. The fraction of sp³-hybridized carbons (Fsp3) is 0.167. The normalized spacial score (nSPS) is 11.9. The number of nitro groups is 1. The van der Waals surface area contributed by atoms with Crippen LogP contribution in [0.3, 0.4) is 0 Å². The van der Waals surface area contributed by atoms with Crippen molar-refractivity contribution in [3.8, 4) is 0 Å². The van der Waals surface area contributed by atoms with Crippen molar-refractivity contribution in [2.24, 2.45) is 0 Å². The van der Waals surface area contributed by atoms with Gasteiger partial charge in [-0.2, -0.15) is 0 Å². The number of aromatic nitrogens is 2. The Morgan fingerprint density at radius 3 is 2.37 bits per heavy atom. The van der Waals surface area contributed by atoms with E-state index >= 15 is 0 Å². The Kier molecular flexibility index (Phi) is 3.91. The SMILES string of the molecule is CC(Nc1ncc([N+](=O)[O-])cn1)c1ccc(Cl)cc1. The van der Waals surface area contributed by atoms with Crippen LogP contribution >= 0.6 is 11.6 Å². The molecule has 1 atom stereocenters. The van der Waals surface area contributed by atoms with Crippen molar-refractivity contribution >= 4 is 23.2 Å². The summed E-state index contributed by atoms with van der Waals surface area (Å²) in [6, 6.07) is 7.35. The van der Waals surface area contributed by atoms with Gasteiger partial charge in [0.2, 0.25) is 5.95 Å². The van der Waals surface area contributed by atoms with Crippen LogP contribution in [-0.4, -0.2) is 14.9 Å². The Balaban J connectivity index is 2.08. The van der Waals surface area contributed by atoms with Gasteiger partial charge in [0.1, 0.15) is 12.4 Å². The van der Waals surface area contributed by atoms with Crippen LogP contribution in [0.25, 0.3) is 0 Å². The number of anilines is 1. The van der Waals surface area contributed by atoms with E-state index in [1.807, 2.05) is 19.1 Å². The second-order valence-corrected chi connectivity index (χ2v) is 4.38. The molecule has 0 radical (unpaired) electrons. The summed E-state index contributed by atoms with van der Waals surface area (Å²) in [4.78, 5) is 17.7. The van der Waals surface area contributed by atoms with Gasteiger partial charge in [0.25, 0.3) is 0 Å². The van der Waals surface area contributed by atoms with Gasteiger partial charge in [-0.1, -0.05) is 23.7 Å². The lowest BCUT2D eigenvalue weighted by Gasteiger charge is -2.13. The standard InChI is InChI=1S/C12H11ClN4O2/c1-8(9-2-4-10(13)5-3-9)16-12-14-6-11(7-15-12)17(18)19/h2-8H,1H3,(H,14,15,16). The van der Waals surface area contributed by atoms with Crippen molar-refractivity contribution in [2.45, 2.75) is 13.0 Å². The van der Waals surface area contributed by atoms with E-state index < -0.39 is 4.92 Å². The summed E-state index contributed by atoms with van der Waals surface area (Å²) >= 11 is 5.81. The van der Waals surface area contributed by atoms with Crippen LogP contribution in [-0.2, 0) is 0 Å². The molecule has 0 bridgehead atoms. The quantitative estimate of drug-likeness (QED) is 0.686. The van der Waals surface area contributed by atoms with Gasteiger partial charge in [-0.3, -0.25) is 10.1 Å². The lowest BCUT2D eigenvalue weighted by atomic mass is 10.1. The van der Waals surface area contributed by atoms with Crippen LogP contribution in [0.15, 0.2) is 36.7 Å². The molecule has 0 saturated heterocycles. The molecule has 0 fully saturated rings. The van der Waals surface area contributed by atoms with E-state index in [2.05, 4.69) is 15.3 Å². The van der Waals surface area contributed by atoms with E-state index in [4.69, 9.17) is 11.6 Å². The molecule has 0 aliphatic carbocycles. The Labute approximate surface area is 114 Å². The molecule has 0 spiro atoms. The number of nitrogens with zero attached hydrogens (tertiary/aromatic N) is 3. The highest BCUT2D eigenvalue weighted by Gasteiger charge is 2.09. The van der Waals surface area contributed by atoms with E-state index in [9.17, 15) is 10.1 Å². The van der Waals surface area contributed by atoms with Crippen LogP contribution in [0.1, 0.15) is 18.5 Å². The first-order valence-electron chi connectivity index (χ1n) is 5.54. The van der Waals surface area contributed by atoms with Crippen LogP contribution in [0.5, 0.6) is 0 Å². The van der Waals surface area contributed by atoms with Crippen molar-refractivity contribution in [1.29, 1.82) is 0 Å². The summed E-state index contributed by atoms with van der Waals surface area (Å²) in [5.74, 6) is 0.341. The van der Waals surface area contributed by atoms with Gasteiger partial charge in [0.05, 0.1) is 11.0 Å². The topological polar surface area (TPSA) is 81.0 Å². The van der Waals surface area contributed by atoms with E-state index in [0.29, 0.717) is 11.0 Å². The molecule has 0 aliphatic rings. The average molecular weight is 279 g/mol. The van der Waals surface area contributed by atoms with Gasteiger partial charge in [0, 0.05) is 5.02 Å². The van der Waals surface area contributed by atoms with E-state index in [1.165, 1.54) is 12.4 Å². The number of nitrogens with one attached hydrogen (secondary N) is 1. The van der Waals surface area contributed by atoms with E-state index in [-0.39, 0.29) is 11.7 Å². The van der Waals surface area contributed by atoms with Crippen molar-refractivity contribution < 1.29 is 4.92 Å². The molecule has 1 aromatic carbocycles. The molecule has 98 valence electrons. The van der Waals surface area contributed by atoms with Crippen molar-refractivity contribution in [2.75, 3.05) is 5.32 Å². The Morgan fingerprint density at radius 2 is 1.84 bits per heavy atom. The maximum Gasteiger partial charge on any atom is 0.305 e. The van der Waals surface area contributed by atoms with Gasteiger partial charge in [-0.15, -0.1) is 0 Å². The molecule has 1 unspecified atom stereocenters. The lowest BCUT2D eigenvalue weighted by molar-refractivity contribution is -0.385. The van der Waals surface area contributed by atoms with Crippen LogP contribution < -0.4 is 5.32 Å². The summed E-state index contributed by atoms with van der Waals surface area (Å²) in [6.07, 6.45) is 2.34. The summed E-state index contributed by atoms with van der Waals surface area (Å²) in [5.41, 5.74) is 0.885. The first-order valence-corrected chi connectivity index (χ1v) is 5.92. The minimum atomic E-state index is -0.535.